The van der Waals surface area contributed by atoms with Gasteiger partial charge in [-0.15, -0.1) is 0 Å². The lowest BCUT2D eigenvalue weighted by atomic mass is 9.71. The van der Waals surface area contributed by atoms with Crippen molar-refractivity contribution in [3.05, 3.63) is 35.4 Å². The summed E-state index contributed by atoms with van der Waals surface area (Å²) in [5, 5.41) is 4.26. The minimum atomic E-state index is -1.01. The van der Waals surface area contributed by atoms with E-state index in [1.54, 1.807) is 12.1 Å². The van der Waals surface area contributed by atoms with Gasteiger partial charge in [-0.05, 0) is 54.7 Å². The highest BCUT2D eigenvalue weighted by molar-refractivity contribution is 5.88. The molecule has 1 aliphatic carbocycles. The molecular formula is C19H26O6. The van der Waals surface area contributed by atoms with Crippen molar-refractivity contribution in [3.63, 3.8) is 0 Å². The molecular weight excluding hydrogens is 324 g/mol. The first-order valence-electron chi connectivity index (χ1n) is 8.64. The number of hydrogen-bond donors (Lipinski definition) is 0. The van der Waals surface area contributed by atoms with Gasteiger partial charge in [0.1, 0.15) is 6.10 Å². The predicted molar refractivity (Wildman–Crippen MR) is 90.5 cm³/mol. The van der Waals surface area contributed by atoms with E-state index in [4.69, 9.17) is 4.74 Å². The first kappa shape index (κ1) is 19.2. The van der Waals surface area contributed by atoms with Gasteiger partial charge in [0, 0.05) is 0 Å². The Morgan fingerprint density at radius 3 is 2.40 bits per heavy atom. The SMILES string of the molecule is CCc1ccc(C(=O)OOOC(=O)OC2CC(C)CC(C)(C)C2)cc1. The van der Waals surface area contributed by atoms with Crippen LogP contribution in [0.1, 0.15) is 62.9 Å². The standard InChI is InChI=1S/C19H26O6/c1-5-14-6-8-15(9-7-14)17(20)23-25-24-18(21)22-16-10-13(2)11-19(3,4)12-16/h6-9,13,16H,5,10-12H2,1-4H3. The number of rotatable bonds is 5. The van der Waals surface area contributed by atoms with E-state index < -0.39 is 12.1 Å². The maximum atomic E-state index is 11.8. The van der Waals surface area contributed by atoms with E-state index in [0.29, 0.717) is 11.5 Å². The maximum Gasteiger partial charge on any atom is 0.543 e. The smallest absolute Gasteiger partial charge is 0.429 e. The Morgan fingerprint density at radius 1 is 1.12 bits per heavy atom. The van der Waals surface area contributed by atoms with Crippen LogP contribution in [-0.4, -0.2) is 18.2 Å². The van der Waals surface area contributed by atoms with Crippen LogP contribution in [0.5, 0.6) is 0 Å². The van der Waals surface area contributed by atoms with Gasteiger partial charge in [-0.25, -0.2) is 14.5 Å². The summed E-state index contributed by atoms with van der Waals surface area (Å²) in [5.41, 5.74) is 1.51. The van der Waals surface area contributed by atoms with Gasteiger partial charge >= 0.3 is 12.1 Å². The van der Waals surface area contributed by atoms with Crippen LogP contribution in [0.4, 0.5) is 4.79 Å². The summed E-state index contributed by atoms with van der Waals surface area (Å²) in [7, 11) is 0. The van der Waals surface area contributed by atoms with Crippen molar-refractivity contribution in [2.24, 2.45) is 11.3 Å². The number of carbonyl (C=O) groups excluding carboxylic acids is 2. The topological polar surface area (TPSA) is 71.1 Å². The number of hydrogen-bond acceptors (Lipinski definition) is 6. The number of benzene rings is 1. The van der Waals surface area contributed by atoms with Crippen molar-refractivity contribution < 1.29 is 29.1 Å². The molecule has 0 N–H and O–H groups in total. The molecule has 138 valence electrons. The van der Waals surface area contributed by atoms with Crippen LogP contribution in [0, 0.1) is 11.3 Å². The van der Waals surface area contributed by atoms with Gasteiger partial charge in [-0.2, -0.15) is 0 Å². The second-order valence-electron chi connectivity index (χ2n) is 7.48. The molecule has 2 unspecified atom stereocenters. The predicted octanol–water partition coefficient (Wildman–Crippen LogP) is 4.62. The third-order valence-corrected chi connectivity index (χ3v) is 4.42. The molecule has 1 fully saturated rings. The molecule has 0 aromatic heterocycles. The third-order valence-electron chi connectivity index (χ3n) is 4.42. The number of aryl methyl sites for hydroxylation is 1. The quantitative estimate of drug-likeness (QED) is 0.438. The van der Waals surface area contributed by atoms with Crippen molar-refractivity contribution in [2.75, 3.05) is 0 Å². The van der Waals surface area contributed by atoms with Crippen molar-refractivity contribution in [3.8, 4) is 0 Å². The van der Waals surface area contributed by atoms with Gasteiger partial charge in [0.25, 0.3) is 0 Å². The average Bonchev–Trinajstić information content (AvgIpc) is 2.52. The van der Waals surface area contributed by atoms with Crippen molar-refractivity contribution in [1.29, 1.82) is 0 Å². The Hall–Kier alpha value is -2.08. The fraction of sp³-hybridized carbons (Fsp3) is 0.579. The van der Waals surface area contributed by atoms with E-state index in [2.05, 4.69) is 35.6 Å². The summed E-state index contributed by atoms with van der Waals surface area (Å²) < 4.78 is 5.24. The van der Waals surface area contributed by atoms with Gasteiger partial charge < -0.3 is 4.74 Å². The van der Waals surface area contributed by atoms with E-state index in [-0.39, 0.29) is 11.5 Å². The lowest BCUT2D eigenvalue weighted by Crippen LogP contribution is -2.34. The van der Waals surface area contributed by atoms with Crippen LogP contribution in [0.15, 0.2) is 24.3 Å². The summed E-state index contributed by atoms with van der Waals surface area (Å²) >= 11 is 0. The first-order valence-corrected chi connectivity index (χ1v) is 8.64. The molecule has 6 heteroatoms. The largest absolute Gasteiger partial charge is 0.543 e. The van der Waals surface area contributed by atoms with Crippen LogP contribution in [0.25, 0.3) is 0 Å². The molecule has 2 atom stereocenters. The molecule has 1 saturated carbocycles. The van der Waals surface area contributed by atoms with E-state index in [9.17, 15) is 9.59 Å². The Bertz CT molecular complexity index is 592. The van der Waals surface area contributed by atoms with Crippen LogP contribution >= 0.6 is 0 Å². The lowest BCUT2D eigenvalue weighted by molar-refractivity contribution is -0.453. The Kier molecular flexibility index (Phi) is 6.42. The number of ether oxygens (including phenoxy) is 1. The molecule has 0 saturated heterocycles. The molecule has 2 rings (SSSR count). The molecule has 0 aliphatic heterocycles. The van der Waals surface area contributed by atoms with Gasteiger partial charge in [0.15, 0.2) is 0 Å². The van der Waals surface area contributed by atoms with Crippen LogP contribution < -0.4 is 0 Å². The average molecular weight is 350 g/mol. The maximum absolute atomic E-state index is 11.8. The summed E-state index contributed by atoms with van der Waals surface area (Å²) in [6.45, 7) is 8.44. The highest BCUT2D eigenvalue weighted by Crippen LogP contribution is 2.39. The molecule has 6 nitrogen and oxygen atoms in total. The zero-order chi connectivity index (χ0) is 18.4. The molecule has 0 radical (unpaired) electrons. The zero-order valence-electron chi connectivity index (χ0n) is 15.2. The summed E-state index contributed by atoms with van der Waals surface area (Å²) in [5.74, 6) is -0.283. The fourth-order valence-corrected chi connectivity index (χ4v) is 3.50. The molecule has 0 bridgehead atoms. The second-order valence-corrected chi connectivity index (χ2v) is 7.48. The molecule has 1 aromatic rings. The van der Waals surface area contributed by atoms with Crippen molar-refractivity contribution >= 4 is 12.1 Å². The molecule has 0 amide bonds. The monoisotopic (exact) mass is 350 g/mol. The minimum absolute atomic E-state index is 0.112. The molecule has 1 aliphatic rings. The number of carbonyl (C=O) groups is 2. The summed E-state index contributed by atoms with van der Waals surface area (Å²) in [6, 6.07) is 6.87. The zero-order valence-corrected chi connectivity index (χ0v) is 15.2. The summed E-state index contributed by atoms with van der Waals surface area (Å²) in [4.78, 5) is 32.3. The summed E-state index contributed by atoms with van der Waals surface area (Å²) in [6.07, 6.45) is 2.26. The third kappa shape index (κ3) is 6.05. The van der Waals surface area contributed by atoms with Gasteiger partial charge in [-0.3, -0.25) is 4.89 Å². The van der Waals surface area contributed by atoms with Crippen LogP contribution in [0.3, 0.4) is 0 Å². The fourth-order valence-electron chi connectivity index (χ4n) is 3.50. The van der Waals surface area contributed by atoms with Crippen LogP contribution in [-0.2, 0) is 26.0 Å². The molecule has 25 heavy (non-hydrogen) atoms. The van der Waals surface area contributed by atoms with E-state index in [1.807, 2.05) is 19.1 Å². The normalized spacial score (nSPS) is 22.1. The van der Waals surface area contributed by atoms with Crippen molar-refractivity contribution in [2.45, 2.75) is 59.5 Å². The first-order chi connectivity index (χ1) is 11.8. The minimum Gasteiger partial charge on any atom is -0.429 e. The van der Waals surface area contributed by atoms with E-state index in [0.717, 1.165) is 31.2 Å². The molecule has 0 spiro atoms. The van der Waals surface area contributed by atoms with Crippen LogP contribution in [0.2, 0.25) is 0 Å². The van der Waals surface area contributed by atoms with Gasteiger partial charge in [0.2, 0.25) is 0 Å². The van der Waals surface area contributed by atoms with Gasteiger partial charge in [0.05, 0.1) is 10.6 Å². The van der Waals surface area contributed by atoms with Crippen molar-refractivity contribution in [1.82, 2.24) is 0 Å². The second kappa shape index (κ2) is 8.34. The highest BCUT2D eigenvalue weighted by Gasteiger charge is 2.34. The highest BCUT2D eigenvalue weighted by atomic mass is 17.5. The Labute approximate surface area is 148 Å². The Morgan fingerprint density at radius 2 is 1.80 bits per heavy atom. The Balaban J connectivity index is 1.73. The lowest BCUT2D eigenvalue weighted by Gasteiger charge is -2.37. The van der Waals surface area contributed by atoms with E-state index in [1.165, 1.54) is 0 Å². The van der Waals surface area contributed by atoms with Gasteiger partial charge in [-0.1, -0.05) is 39.8 Å². The van der Waals surface area contributed by atoms with E-state index >= 15 is 0 Å². The molecule has 0 heterocycles. The molecule has 1 aromatic carbocycles.